The molecule has 3 aromatic rings. The Morgan fingerprint density at radius 1 is 0.946 bits per heavy atom. The Bertz CT molecular complexity index is 1250. The lowest BCUT2D eigenvalue weighted by Gasteiger charge is -2.37. The second-order valence-corrected chi connectivity index (χ2v) is 11.9. The molecule has 1 N–H and O–H groups in total. The smallest absolute Gasteiger partial charge is 0.264 e. The SMILES string of the molecule is O=C(CC1CCCCC1)N1CCN(c2ccc(N(Cc3cnc[nH]3)S(=O)(=O)c3ccccc3)cc2)CC1. The Morgan fingerprint density at radius 3 is 2.30 bits per heavy atom. The standard InChI is InChI=1S/C28H35N5O3S/c34-28(19-23-7-3-1-4-8-23)32-17-15-31(16-18-32)25-11-13-26(14-12-25)33(21-24-20-29-22-30-24)37(35,36)27-9-5-2-6-10-27/h2,5-6,9-14,20,22-23H,1,3-4,7-8,15-19,21H2,(H,29,30). The van der Waals surface area contributed by atoms with Crippen molar-refractivity contribution in [2.75, 3.05) is 35.4 Å². The van der Waals surface area contributed by atoms with E-state index < -0.39 is 10.0 Å². The lowest BCUT2D eigenvalue weighted by molar-refractivity contribution is -0.132. The minimum absolute atomic E-state index is 0.151. The number of sulfonamides is 1. The molecule has 2 aromatic carbocycles. The van der Waals surface area contributed by atoms with Crippen LogP contribution in [0, 0.1) is 5.92 Å². The number of amides is 1. The van der Waals surface area contributed by atoms with Crippen LogP contribution in [0.3, 0.4) is 0 Å². The lowest BCUT2D eigenvalue weighted by atomic mass is 9.86. The number of carbonyl (C=O) groups excluding carboxylic acids is 1. The first-order valence-corrected chi connectivity index (χ1v) is 14.6. The predicted octanol–water partition coefficient (Wildman–Crippen LogP) is 4.42. The Hall–Kier alpha value is -3.33. The van der Waals surface area contributed by atoms with Crippen LogP contribution >= 0.6 is 0 Å². The van der Waals surface area contributed by atoms with Gasteiger partial charge in [-0.25, -0.2) is 13.4 Å². The number of anilines is 2. The average molecular weight is 522 g/mol. The third-order valence-corrected chi connectivity index (χ3v) is 9.31. The topological polar surface area (TPSA) is 89.6 Å². The first kappa shape index (κ1) is 25.3. The Morgan fingerprint density at radius 2 is 1.65 bits per heavy atom. The van der Waals surface area contributed by atoms with E-state index in [0.717, 1.165) is 31.9 Å². The number of hydrogen-bond acceptors (Lipinski definition) is 5. The van der Waals surface area contributed by atoms with Crippen LogP contribution in [-0.4, -0.2) is 55.4 Å². The summed E-state index contributed by atoms with van der Waals surface area (Å²) in [6, 6.07) is 16.1. The van der Waals surface area contributed by atoms with E-state index in [1.54, 1.807) is 42.9 Å². The number of nitrogens with one attached hydrogen (secondary N) is 1. The lowest BCUT2D eigenvalue weighted by Crippen LogP contribution is -2.49. The van der Waals surface area contributed by atoms with Crippen LogP contribution in [0.25, 0.3) is 0 Å². The maximum Gasteiger partial charge on any atom is 0.264 e. The molecule has 8 nitrogen and oxygen atoms in total. The zero-order valence-corrected chi connectivity index (χ0v) is 21.9. The van der Waals surface area contributed by atoms with Gasteiger partial charge in [0.15, 0.2) is 0 Å². The van der Waals surface area contributed by atoms with Crippen molar-refractivity contribution in [3.63, 3.8) is 0 Å². The summed E-state index contributed by atoms with van der Waals surface area (Å²) in [5.41, 5.74) is 2.32. The number of aromatic nitrogens is 2. The van der Waals surface area contributed by atoms with Crippen molar-refractivity contribution in [1.82, 2.24) is 14.9 Å². The number of piperazine rings is 1. The van der Waals surface area contributed by atoms with Gasteiger partial charge in [-0.3, -0.25) is 9.10 Å². The second kappa shape index (κ2) is 11.4. The summed E-state index contributed by atoms with van der Waals surface area (Å²) in [7, 11) is -3.77. The summed E-state index contributed by atoms with van der Waals surface area (Å²) >= 11 is 0. The zero-order valence-electron chi connectivity index (χ0n) is 21.1. The van der Waals surface area contributed by atoms with E-state index in [4.69, 9.17) is 0 Å². The van der Waals surface area contributed by atoms with E-state index in [1.165, 1.54) is 36.4 Å². The number of aromatic amines is 1. The van der Waals surface area contributed by atoms with Crippen LogP contribution in [0.5, 0.6) is 0 Å². The van der Waals surface area contributed by atoms with Crippen molar-refractivity contribution in [2.45, 2.75) is 50.0 Å². The first-order chi connectivity index (χ1) is 18.0. The average Bonchev–Trinajstić information content (AvgIpc) is 3.46. The van der Waals surface area contributed by atoms with Crippen LogP contribution < -0.4 is 9.21 Å². The van der Waals surface area contributed by atoms with Gasteiger partial charge >= 0.3 is 0 Å². The van der Waals surface area contributed by atoms with Crippen molar-refractivity contribution < 1.29 is 13.2 Å². The molecule has 0 radical (unpaired) electrons. The molecule has 5 rings (SSSR count). The van der Waals surface area contributed by atoms with E-state index >= 15 is 0 Å². The van der Waals surface area contributed by atoms with Gasteiger partial charge in [-0.05, 0) is 55.2 Å². The second-order valence-electron chi connectivity index (χ2n) is 9.99. The Balaban J connectivity index is 1.26. The van der Waals surface area contributed by atoms with Crippen LogP contribution in [0.4, 0.5) is 11.4 Å². The van der Waals surface area contributed by atoms with E-state index in [9.17, 15) is 13.2 Å². The maximum absolute atomic E-state index is 13.5. The van der Waals surface area contributed by atoms with Crippen LogP contribution in [0.2, 0.25) is 0 Å². The minimum atomic E-state index is -3.77. The summed E-state index contributed by atoms with van der Waals surface area (Å²) in [6.45, 7) is 3.15. The molecule has 37 heavy (non-hydrogen) atoms. The van der Waals surface area contributed by atoms with Crippen LogP contribution in [0.1, 0.15) is 44.2 Å². The van der Waals surface area contributed by atoms with Crippen molar-refractivity contribution in [2.24, 2.45) is 5.92 Å². The molecule has 1 aliphatic heterocycles. The van der Waals surface area contributed by atoms with Crippen LogP contribution in [-0.2, 0) is 21.4 Å². The third kappa shape index (κ3) is 5.98. The maximum atomic E-state index is 13.5. The monoisotopic (exact) mass is 521 g/mol. The van der Waals surface area contributed by atoms with Gasteiger partial charge in [0.05, 0.1) is 29.1 Å². The van der Waals surface area contributed by atoms with Gasteiger partial charge in [0, 0.05) is 44.5 Å². The molecule has 0 atom stereocenters. The highest BCUT2D eigenvalue weighted by atomic mass is 32.2. The number of benzene rings is 2. The fraction of sp³-hybridized carbons (Fsp3) is 0.429. The quantitative estimate of drug-likeness (QED) is 0.474. The van der Waals surface area contributed by atoms with Crippen molar-refractivity contribution in [3.05, 3.63) is 72.8 Å². The van der Waals surface area contributed by atoms with Crippen LogP contribution in [0.15, 0.2) is 72.0 Å². The molecular weight excluding hydrogens is 486 g/mol. The van der Waals surface area contributed by atoms with Crippen molar-refractivity contribution >= 4 is 27.3 Å². The molecule has 2 heterocycles. The van der Waals surface area contributed by atoms with Gasteiger partial charge in [-0.1, -0.05) is 37.5 Å². The third-order valence-electron chi connectivity index (χ3n) is 7.52. The van der Waals surface area contributed by atoms with E-state index in [2.05, 4.69) is 14.9 Å². The minimum Gasteiger partial charge on any atom is -0.368 e. The zero-order chi connectivity index (χ0) is 25.7. The normalized spacial score (nSPS) is 17.1. The highest BCUT2D eigenvalue weighted by molar-refractivity contribution is 7.92. The Labute approximate surface area is 219 Å². The van der Waals surface area contributed by atoms with E-state index in [-0.39, 0.29) is 11.4 Å². The highest BCUT2D eigenvalue weighted by Gasteiger charge is 2.27. The van der Waals surface area contributed by atoms with Crippen molar-refractivity contribution in [3.8, 4) is 0 Å². The molecule has 2 aliphatic rings. The summed E-state index contributed by atoms with van der Waals surface area (Å²) in [5, 5.41) is 0. The molecular formula is C28H35N5O3S. The molecule has 9 heteroatoms. The Kier molecular flexibility index (Phi) is 7.79. The molecule has 1 saturated carbocycles. The predicted molar refractivity (Wildman–Crippen MR) is 145 cm³/mol. The summed E-state index contributed by atoms with van der Waals surface area (Å²) < 4.78 is 28.5. The number of nitrogens with zero attached hydrogens (tertiary/aromatic N) is 4. The number of H-pyrrole nitrogens is 1. The van der Waals surface area contributed by atoms with Gasteiger partial charge in [0.1, 0.15) is 0 Å². The number of imidazole rings is 1. The fourth-order valence-corrected chi connectivity index (χ4v) is 6.84. The van der Waals surface area contributed by atoms with E-state index in [0.29, 0.717) is 29.6 Å². The van der Waals surface area contributed by atoms with Gasteiger partial charge in [-0.2, -0.15) is 0 Å². The number of rotatable bonds is 8. The molecule has 1 saturated heterocycles. The van der Waals surface area contributed by atoms with E-state index in [1.807, 2.05) is 29.2 Å². The fourth-order valence-electron chi connectivity index (χ4n) is 5.37. The molecule has 1 amide bonds. The van der Waals surface area contributed by atoms with Gasteiger partial charge in [0.2, 0.25) is 5.91 Å². The highest BCUT2D eigenvalue weighted by Crippen LogP contribution is 2.29. The molecule has 196 valence electrons. The first-order valence-electron chi connectivity index (χ1n) is 13.2. The summed E-state index contributed by atoms with van der Waals surface area (Å²) in [5.74, 6) is 0.853. The molecule has 0 unspecified atom stereocenters. The molecule has 1 aromatic heterocycles. The number of hydrogen-bond donors (Lipinski definition) is 1. The molecule has 2 fully saturated rings. The van der Waals surface area contributed by atoms with Gasteiger partial charge < -0.3 is 14.8 Å². The van der Waals surface area contributed by atoms with Gasteiger partial charge in [0.25, 0.3) is 10.0 Å². The molecule has 0 spiro atoms. The number of carbonyl (C=O) groups is 1. The largest absolute Gasteiger partial charge is 0.368 e. The summed E-state index contributed by atoms with van der Waals surface area (Å²) in [6.07, 6.45) is 10.1. The van der Waals surface area contributed by atoms with Crippen molar-refractivity contribution in [1.29, 1.82) is 0 Å². The molecule has 1 aliphatic carbocycles. The molecule has 0 bridgehead atoms. The summed E-state index contributed by atoms with van der Waals surface area (Å²) in [4.78, 5) is 24.4. The van der Waals surface area contributed by atoms with Gasteiger partial charge in [-0.15, -0.1) is 0 Å².